The minimum Gasteiger partial charge on any atom is -0.309 e. The summed E-state index contributed by atoms with van der Waals surface area (Å²) in [6.07, 6.45) is 0.802. The molecule has 1 heterocycles. The van der Waals surface area contributed by atoms with E-state index < -0.39 is 11.7 Å². The number of fused-ring (bicyclic) bond motifs is 1. The van der Waals surface area contributed by atoms with Crippen LogP contribution in [0.2, 0.25) is 5.02 Å². The van der Waals surface area contributed by atoms with Crippen molar-refractivity contribution in [1.29, 1.82) is 0 Å². The van der Waals surface area contributed by atoms with Crippen LogP contribution < -0.4 is 4.90 Å². The highest BCUT2D eigenvalue weighted by molar-refractivity contribution is 6.54. The fourth-order valence-electron chi connectivity index (χ4n) is 2.07. The van der Waals surface area contributed by atoms with Crippen molar-refractivity contribution in [3.63, 3.8) is 0 Å². The van der Waals surface area contributed by atoms with E-state index in [0.29, 0.717) is 22.8 Å². The van der Waals surface area contributed by atoms with Gasteiger partial charge in [-0.05, 0) is 39.2 Å². The van der Waals surface area contributed by atoms with Crippen molar-refractivity contribution in [3.8, 4) is 0 Å². The molecule has 18 heavy (non-hydrogen) atoms. The quantitative estimate of drug-likeness (QED) is 0.781. The molecule has 1 amide bonds. The van der Waals surface area contributed by atoms with E-state index in [4.69, 9.17) is 11.6 Å². The van der Waals surface area contributed by atoms with Crippen LogP contribution in [0.15, 0.2) is 18.2 Å². The smallest absolute Gasteiger partial charge is 0.299 e. The van der Waals surface area contributed by atoms with Crippen molar-refractivity contribution in [2.75, 3.05) is 32.1 Å². The van der Waals surface area contributed by atoms with Gasteiger partial charge < -0.3 is 9.80 Å². The number of ketones is 1. The molecule has 0 saturated heterocycles. The van der Waals surface area contributed by atoms with Gasteiger partial charge in [0, 0.05) is 6.54 Å². The highest BCUT2D eigenvalue weighted by Gasteiger charge is 2.36. The predicted octanol–water partition coefficient (Wildman–Crippen LogP) is 1.82. The molecule has 1 aromatic rings. The van der Waals surface area contributed by atoms with Gasteiger partial charge in [-0.15, -0.1) is 0 Å². The molecule has 0 N–H and O–H groups in total. The SMILES string of the molecule is CN(C)CCCN1C(=O)C(=O)c2cccc(Cl)c21. The third-order valence-corrected chi connectivity index (χ3v) is 3.23. The zero-order chi connectivity index (χ0) is 13.3. The molecule has 96 valence electrons. The number of hydrogen-bond acceptors (Lipinski definition) is 3. The van der Waals surface area contributed by atoms with Crippen molar-refractivity contribution in [3.05, 3.63) is 28.8 Å². The number of anilines is 1. The van der Waals surface area contributed by atoms with Crippen LogP contribution in [0.3, 0.4) is 0 Å². The molecule has 2 rings (SSSR count). The summed E-state index contributed by atoms with van der Waals surface area (Å²) in [7, 11) is 3.94. The van der Waals surface area contributed by atoms with Crippen molar-refractivity contribution >= 4 is 29.0 Å². The number of amides is 1. The van der Waals surface area contributed by atoms with Crippen molar-refractivity contribution in [2.45, 2.75) is 6.42 Å². The molecule has 0 fully saturated rings. The van der Waals surface area contributed by atoms with Gasteiger partial charge in [-0.2, -0.15) is 0 Å². The van der Waals surface area contributed by atoms with Gasteiger partial charge in [-0.25, -0.2) is 0 Å². The molecular weight excluding hydrogens is 252 g/mol. The first-order valence-electron chi connectivity index (χ1n) is 5.82. The molecule has 0 saturated carbocycles. The number of para-hydroxylation sites is 1. The maximum atomic E-state index is 11.9. The third-order valence-electron chi connectivity index (χ3n) is 2.93. The number of nitrogens with zero attached hydrogens (tertiary/aromatic N) is 2. The first kappa shape index (κ1) is 13.1. The number of rotatable bonds is 4. The van der Waals surface area contributed by atoms with Gasteiger partial charge >= 0.3 is 0 Å². The molecule has 4 nitrogen and oxygen atoms in total. The molecule has 0 aromatic heterocycles. The second-order valence-electron chi connectivity index (χ2n) is 4.58. The Balaban J connectivity index is 2.23. The van der Waals surface area contributed by atoms with Crippen LogP contribution in [0.5, 0.6) is 0 Å². The van der Waals surface area contributed by atoms with Gasteiger partial charge in [0.2, 0.25) is 0 Å². The van der Waals surface area contributed by atoms with Gasteiger partial charge in [0.25, 0.3) is 11.7 Å². The van der Waals surface area contributed by atoms with Crippen LogP contribution in [0, 0.1) is 0 Å². The molecule has 0 unspecified atom stereocenters. The molecule has 1 aromatic carbocycles. The van der Waals surface area contributed by atoms with Crippen LogP contribution in [-0.4, -0.2) is 43.8 Å². The summed E-state index contributed by atoms with van der Waals surface area (Å²) >= 11 is 6.08. The van der Waals surface area contributed by atoms with Crippen LogP contribution >= 0.6 is 11.6 Å². The zero-order valence-corrected chi connectivity index (χ0v) is 11.2. The lowest BCUT2D eigenvalue weighted by molar-refractivity contribution is -0.114. The molecule has 0 spiro atoms. The van der Waals surface area contributed by atoms with Crippen LogP contribution in [0.25, 0.3) is 0 Å². The first-order valence-corrected chi connectivity index (χ1v) is 6.19. The number of carbonyl (C=O) groups excluding carboxylic acids is 2. The maximum Gasteiger partial charge on any atom is 0.299 e. The lowest BCUT2D eigenvalue weighted by Crippen LogP contribution is -2.32. The third kappa shape index (κ3) is 2.26. The summed E-state index contributed by atoms with van der Waals surface area (Å²) in [4.78, 5) is 27.2. The average molecular weight is 267 g/mol. The number of Topliss-reactive ketones (excluding diaryl/α,β-unsaturated/α-hetero) is 1. The number of carbonyl (C=O) groups is 2. The van der Waals surface area contributed by atoms with Gasteiger partial charge in [0.1, 0.15) is 0 Å². The maximum absolute atomic E-state index is 11.9. The van der Waals surface area contributed by atoms with Crippen LogP contribution in [0.4, 0.5) is 5.69 Å². The highest BCUT2D eigenvalue weighted by atomic mass is 35.5. The Labute approximate surface area is 111 Å². The summed E-state index contributed by atoms with van der Waals surface area (Å²) in [5, 5.41) is 0.455. The molecular formula is C13H15ClN2O2. The van der Waals surface area contributed by atoms with E-state index in [1.807, 2.05) is 19.0 Å². The lowest BCUT2D eigenvalue weighted by atomic mass is 10.1. The summed E-state index contributed by atoms with van der Waals surface area (Å²) in [5.41, 5.74) is 0.977. The Kier molecular flexibility index (Phi) is 3.68. The Hall–Kier alpha value is -1.39. The van der Waals surface area contributed by atoms with Crippen LogP contribution in [-0.2, 0) is 4.79 Å². The molecule has 1 aliphatic rings. The number of halogens is 1. The van der Waals surface area contributed by atoms with Crippen molar-refractivity contribution in [1.82, 2.24) is 4.90 Å². The predicted molar refractivity (Wildman–Crippen MR) is 71.3 cm³/mol. The van der Waals surface area contributed by atoms with Gasteiger partial charge in [-0.1, -0.05) is 17.7 Å². The summed E-state index contributed by atoms with van der Waals surface area (Å²) < 4.78 is 0. The standard InChI is InChI=1S/C13H15ClN2O2/c1-15(2)7-4-8-16-11-9(12(17)13(16)18)5-3-6-10(11)14/h3,5-6H,4,7-8H2,1-2H3. The van der Waals surface area contributed by atoms with E-state index in [2.05, 4.69) is 0 Å². The second-order valence-corrected chi connectivity index (χ2v) is 4.99. The Morgan fingerprint density at radius 2 is 2.00 bits per heavy atom. The molecule has 0 bridgehead atoms. The van der Waals surface area contributed by atoms with E-state index >= 15 is 0 Å². The molecule has 0 radical (unpaired) electrons. The van der Waals surface area contributed by atoms with E-state index in [-0.39, 0.29) is 0 Å². The fourth-order valence-corrected chi connectivity index (χ4v) is 2.35. The van der Waals surface area contributed by atoms with Gasteiger partial charge in [0.05, 0.1) is 16.3 Å². The number of benzene rings is 1. The summed E-state index contributed by atoms with van der Waals surface area (Å²) in [6, 6.07) is 5.04. The minimum absolute atomic E-state index is 0.414. The molecule has 1 aliphatic heterocycles. The first-order chi connectivity index (χ1) is 8.52. The van der Waals surface area contributed by atoms with Crippen molar-refractivity contribution < 1.29 is 9.59 Å². The zero-order valence-electron chi connectivity index (χ0n) is 10.4. The molecule has 0 atom stereocenters. The van der Waals surface area contributed by atoms with E-state index in [9.17, 15) is 9.59 Å². The Morgan fingerprint density at radius 1 is 1.28 bits per heavy atom. The monoisotopic (exact) mass is 266 g/mol. The van der Waals surface area contributed by atoms with Gasteiger partial charge in [0.15, 0.2) is 0 Å². The number of hydrogen-bond donors (Lipinski definition) is 0. The fraction of sp³-hybridized carbons (Fsp3) is 0.385. The topological polar surface area (TPSA) is 40.6 Å². The normalized spacial score (nSPS) is 14.6. The molecule has 0 aliphatic carbocycles. The van der Waals surface area contributed by atoms with E-state index in [1.54, 1.807) is 18.2 Å². The minimum atomic E-state index is -0.475. The van der Waals surface area contributed by atoms with Gasteiger partial charge in [-0.3, -0.25) is 9.59 Å². The Bertz CT molecular complexity index is 500. The average Bonchev–Trinajstić information content (AvgIpc) is 2.55. The van der Waals surface area contributed by atoms with E-state index in [1.165, 1.54) is 4.90 Å². The Morgan fingerprint density at radius 3 is 2.67 bits per heavy atom. The second kappa shape index (κ2) is 5.08. The van der Waals surface area contributed by atoms with Crippen LogP contribution in [0.1, 0.15) is 16.8 Å². The van der Waals surface area contributed by atoms with E-state index in [0.717, 1.165) is 13.0 Å². The van der Waals surface area contributed by atoms with Crippen molar-refractivity contribution in [2.24, 2.45) is 0 Å². The lowest BCUT2D eigenvalue weighted by Gasteiger charge is -2.18. The summed E-state index contributed by atoms with van der Waals surface area (Å²) in [6.45, 7) is 1.37. The molecule has 5 heteroatoms. The highest BCUT2D eigenvalue weighted by Crippen LogP contribution is 2.35. The summed E-state index contributed by atoms with van der Waals surface area (Å²) in [5.74, 6) is -0.936. The largest absolute Gasteiger partial charge is 0.309 e.